The molecule has 120 valence electrons. The van der Waals surface area contributed by atoms with E-state index in [2.05, 4.69) is 36.1 Å². The standard InChI is InChI=1S/C16H17BrN4O2/c1-11-9-19-14(10-18-11)16(22)20-13-8-12(17)2-3-15(13)21-4-6-23-7-5-21/h2-3,8-10H,4-7H2,1H3,(H,20,22). The Hall–Kier alpha value is -1.99. The summed E-state index contributed by atoms with van der Waals surface area (Å²) in [6.07, 6.45) is 3.07. The van der Waals surface area contributed by atoms with Crippen molar-refractivity contribution in [1.29, 1.82) is 0 Å². The van der Waals surface area contributed by atoms with Crippen LogP contribution < -0.4 is 10.2 Å². The maximum absolute atomic E-state index is 12.4. The fourth-order valence-electron chi connectivity index (χ4n) is 2.38. The number of anilines is 2. The van der Waals surface area contributed by atoms with Crippen LogP contribution >= 0.6 is 15.9 Å². The molecule has 1 aliphatic heterocycles. The Morgan fingerprint density at radius 2 is 2.04 bits per heavy atom. The SMILES string of the molecule is Cc1cnc(C(=O)Nc2cc(Br)ccc2N2CCOCC2)cn1. The lowest BCUT2D eigenvalue weighted by Crippen LogP contribution is -2.36. The van der Waals surface area contributed by atoms with Gasteiger partial charge >= 0.3 is 0 Å². The number of hydrogen-bond donors (Lipinski definition) is 1. The molecule has 6 nitrogen and oxygen atoms in total. The number of halogens is 1. The Bertz CT molecular complexity index is 700. The molecular weight excluding hydrogens is 360 g/mol. The maximum atomic E-state index is 12.4. The van der Waals surface area contributed by atoms with E-state index in [0.29, 0.717) is 18.9 Å². The zero-order chi connectivity index (χ0) is 16.2. The highest BCUT2D eigenvalue weighted by Crippen LogP contribution is 2.30. The third kappa shape index (κ3) is 3.86. The van der Waals surface area contributed by atoms with Crippen molar-refractivity contribution >= 4 is 33.2 Å². The normalized spacial score (nSPS) is 14.6. The van der Waals surface area contributed by atoms with Crippen LogP contribution in [0.4, 0.5) is 11.4 Å². The Morgan fingerprint density at radius 3 is 2.74 bits per heavy atom. The number of aromatic nitrogens is 2. The Morgan fingerprint density at radius 1 is 1.26 bits per heavy atom. The van der Waals surface area contributed by atoms with Crippen LogP contribution in [-0.4, -0.2) is 42.2 Å². The second-order valence-corrected chi connectivity index (χ2v) is 6.17. The van der Waals surface area contributed by atoms with Crippen LogP contribution in [0.3, 0.4) is 0 Å². The number of aryl methyl sites for hydroxylation is 1. The number of morpholine rings is 1. The van der Waals surface area contributed by atoms with Gasteiger partial charge in [-0.2, -0.15) is 0 Å². The number of amides is 1. The van der Waals surface area contributed by atoms with E-state index in [-0.39, 0.29) is 5.91 Å². The first-order valence-electron chi connectivity index (χ1n) is 7.36. The van der Waals surface area contributed by atoms with Crippen LogP contribution in [0.5, 0.6) is 0 Å². The molecule has 1 amide bonds. The summed E-state index contributed by atoms with van der Waals surface area (Å²) in [7, 11) is 0. The van der Waals surface area contributed by atoms with E-state index in [1.807, 2.05) is 25.1 Å². The first-order valence-corrected chi connectivity index (χ1v) is 8.15. The maximum Gasteiger partial charge on any atom is 0.275 e. The zero-order valence-corrected chi connectivity index (χ0v) is 14.3. The van der Waals surface area contributed by atoms with Crippen molar-refractivity contribution in [3.8, 4) is 0 Å². The molecule has 1 fully saturated rings. The van der Waals surface area contributed by atoms with Crippen molar-refractivity contribution in [1.82, 2.24) is 9.97 Å². The molecule has 1 N–H and O–H groups in total. The molecule has 0 radical (unpaired) electrons. The minimum absolute atomic E-state index is 0.273. The lowest BCUT2D eigenvalue weighted by molar-refractivity contribution is 0.102. The summed E-state index contributed by atoms with van der Waals surface area (Å²) in [6.45, 7) is 4.81. The lowest BCUT2D eigenvalue weighted by atomic mass is 10.2. The minimum atomic E-state index is -0.273. The Balaban J connectivity index is 1.84. The first-order chi connectivity index (χ1) is 11.1. The van der Waals surface area contributed by atoms with Crippen LogP contribution in [0.25, 0.3) is 0 Å². The van der Waals surface area contributed by atoms with Crippen molar-refractivity contribution in [3.63, 3.8) is 0 Å². The van der Waals surface area contributed by atoms with E-state index in [1.165, 1.54) is 6.20 Å². The third-order valence-electron chi connectivity index (χ3n) is 3.57. The van der Waals surface area contributed by atoms with E-state index < -0.39 is 0 Å². The van der Waals surface area contributed by atoms with E-state index in [4.69, 9.17) is 4.74 Å². The summed E-state index contributed by atoms with van der Waals surface area (Å²) in [6, 6.07) is 5.85. The predicted octanol–water partition coefficient (Wildman–Crippen LogP) is 2.64. The molecule has 0 saturated carbocycles. The molecule has 2 heterocycles. The average Bonchev–Trinajstić information content (AvgIpc) is 2.56. The molecule has 1 aromatic carbocycles. The highest BCUT2D eigenvalue weighted by atomic mass is 79.9. The minimum Gasteiger partial charge on any atom is -0.378 e. The predicted molar refractivity (Wildman–Crippen MR) is 91.9 cm³/mol. The molecule has 0 atom stereocenters. The van der Waals surface area contributed by atoms with Crippen molar-refractivity contribution in [2.24, 2.45) is 0 Å². The van der Waals surface area contributed by atoms with Gasteiger partial charge in [-0.3, -0.25) is 9.78 Å². The molecule has 2 aromatic rings. The number of hydrogen-bond acceptors (Lipinski definition) is 5. The highest BCUT2D eigenvalue weighted by molar-refractivity contribution is 9.10. The first kappa shape index (κ1) is 15.9. The second kappa shape index (κ2) is 7.06. The summed E-state index contributed by atoms with van der Waals surface area (Å²) in [5, 5.41) is 2.93. The molecule has 1 aliphatic rings. The molecule has 0 spiro atoms. The Labute approximate surface area is 143 Å². The van der Waals surface area contributed by atoms with Crippen LogP contribution in [0, 0.1) is 6.92 Å². The van der Waals surface area contributed by atoms with Gasteiger partial charge in [-0.05, 0) is 25.1 Å². The number of ether oxygens (including phenoxy) is 1. The smallest absolute Gasteiger partial charge is 0.275 e. The summed E-state index contributed by atoms with van der Waals surface area (Å²) in [5.41, 5.74) is 2.79. The quantitative estimate of drug-likeness (QED) is 0.891. The van der Waals surface area contributed by atoms with E-state index >= 15 is 0 Å². The van der Waals surface area contributed by atoms with Gasteiger partial charge in [-0.25, -0.2) is 4.98 Å². The molecular formula is C16H17BrN4O2. The van der Waals surface area contributed by atoms with E-state index in [0.717, 1.165) is 34.6 Å². The fraction of sp³-hybridized carbons (Fsp3) is 0.312. The Kier molecular flexibility index (Phi) is 4.88. The number of nitrogens with zero attached hydrogens (tertiary/aromatic N) is 3. The monoisotopic (exact) mass is 376 g/mol. The summed E-state index contributed by atoms with van der Waals surface area (Å²) in [5.74, 6) is -0.273. The van der Waals surface area contributed by atoms with E-state index in [1.54, 1.807) is 6.20 Å². The van der Waals surface area contributed by atoms with Gasteiger partial charge in [0.05, 0.1) is 36.5 Å². The van der Waals surface area contributed by atoms with Gasteiger partial charge in [0, 0.05) is 23.8 Å². The fourth-order valence-corrected chi connectivity index (χ4v) is 2.75. The molecule has 23 heavy (non-hydrogen) atoms. The molecule has 1 aromatic heterocycles. The van der Waals surface area contributed by atoms with Gasteiger partial charge in [0.2, 0.25) is 0 Å². The topological polar surface area (TPSA) is 67.4 Å². The van der Waals surface area contributed by atoms with Crippen LogP contribution in [0.15, 0.2) is 35.1 Å². The number of carbonyl (C=O) groups is 1. The van der Waals surface area contributed by atoms with Gasteiger partial charge < -0.3 is 15.0 Å². The number of rotatable bonds is 3. The van der Waals surface area contributed by atoms with Crippen molar-refractivity contribution in [2.45, 2.75) is 6.92 Å². The summed E-state index contributed by atoms with van der Waals surface area (Å²) < 4.78 is 6.29. The van der Waals surface area contributed by atoms with Gasteiger partial charge in [-0.1, -0.05) is 15.9 Å². The van der Waals surface area contributed by atoms with Crippen molar-refractivity contribution < 1.29 is 9.53 Å². The zero-order valence-electron chi connectivity index (χ0n) is 12.8. The molecule has 0 unspecified atom stereocenters. The van der Waals surface area contributed by atoms with Gasteiger partial charge in [0.1, 0.15) is 5.69 Å². The molecule has 0 bridgehead atoms. The van der Waals surface area contributed by atoms with Crippen LogP contribution in [-0.2, 0) is 4.74 Å². The van der Waals surface area contributed by atoms with E-state index in [9.17, 15) is 4.79 Å². The summed E-state index contributed by atoms with van der Waals surface area (Å²) in [4.78, 5) is 22.8. The molecule has 0 aliphatic carbocycles. The third-order valence-corrected chi connectivity index (χ3v) is 4.07. The van der Waals surface area contributed by atoms with Crippen molar-refractivity contribution in [3.05, 3.63) is 46.5 Å². The molecule has 3 rings (SSSR count). The molecule has 7 heteroatoms. The molecule has 1 saturated heterocycles. The van der Waals surface area contributed by atoms with Gasteiger partial charge in [-0.15, -0.1) is 0 Å². The van der Waals surface area contributed by atoms with Gasteiger partial charge in [0.15, 0.2) is 0 Å². The van der Waals surface area contributed by atoms with Crippen LogP contribution in [0.2, 0.25) is 0 Å². The average molecular weight is 377 g/mol. The lowest BCUT2D eigenvalue weighted by Gasteiger charge is -2.30. The summed E-state index contributed by atoms with van der Waals surface area (Å²) >= 11 is 3.45. The van der Waals surface area contributed by atoms with Crippen LogP contribution in [0.1, 0.15) is 16.2 Å². The number of benzene rings is 1. The van der Waals surface area contributed by atoms with Gasteiger partial charge in [0.25, 0.3) is 5.91 Å². The number of nitrogens with one attached hydrogen (secondary N) is 1. The van der Waals surface area contributed by atoms with Crippen molar-refractivity contribution in [2.75, 3.05) is 36.5 Å². The second-order valence-electron chi connectivity index (χ2n) is 5.26. The largest absolute Gasteiger partial charge is 0.378 e. The number of carbonyl (C=O) groups excluding carboxylic acids is 1. The highest BCUT2D eigenvalue weighted by Gasteiger charge is 2.17.